The lowest BCUT2D eigenvalue weighted by Crippen LogP contribution is -2.38. The minimum absolute atomic E-state index is 0.132. The summed E-state index contributed by atoms with van der Waals surface area (Å²) in [7, 11) is 0. The van der Waals surface area contributed by atoms with E-state index in [2.05, 4.69) is 40.8 Å². The van der Waals surface area contributed by atoms with Crippen LogP contribution in [0.3, 0.4) is 0 Å². The van der Waals surface area contributed by atoms with Crippen LogP contribution in [0.1, 0.15) is 51.4 Å². The summed E-state index contributed by atoms with van der Waals surface area (Å²) in [6.07, 6.45) is -0.182. The van der Waals surface area contributed by atoms with Crippen molar-refractivity contribution in [3.63, 3.8) is 0 Å². The lowest BCUT2D eigenvalue weighted by atomic mass is 9.79. The van der Waals surface area contributed by atoms with Gasteiger partial charge >= 0.3 is 0 Å². The second-order valence-corrected chi connectivity index (χ2v) is 9.90. The topological polar surface area (TPSA) is 69.8 Å². The molecule has 1 saturated carbocycles. The van der Waals surface area contributed by atoms with Gasteiger partial charge in [-0.1, -0.05) is 18.0 Å². The average molecular weight is 397 g/mol. The molecule has 3 N–H and O–H groups in total. The van der Waals surface area contributed by atoms with Crippen LogP contribution in [0.5, 0.6) is 0 Å². The van der Waals surface area contributed by atoms with E-state index in [-0.39, 0.29) is 35.8 Å². The van der Waals surface area contributed by atoms with Crippen LogP contribution in [0.4, 0.5) is 8.78 Å². The molecule has 0 bridgehead atoms. The van der Waals surface area contributed by atoms with Crippen LogP contribution in [0.2, 0.25) is 0 Å². The highest BCUT2D eigenvalue weighted by Gasteiger charge is 2.45. The molecule has 0 unspecified atom stereocenters. The summed E-state index contributed by atoms with van der Waals surface area (Å²) >= 11 is 1.66. The van der Waals surface area contributed by atoms with E-state index in [1.54, 1.807) is 11.9 Å². The molecule has 148 valence electrons. The number of nitrogens with one attached hydrogen (secondary N) is 3. The number of aromatic nitrogens is 2. The van der Waals surface area contributed by atoms with E-state index in [1.165, 1.54) is 0 Å². The van der Waals surface area contributed by atoms with E-state index in [4.69, 9.17) is 0 Å². The summed E-state index contributed by atoms with van der Waals surface area (Å²) in [6.45, 7) is 7.43. The van der Waals surface area contributed by atoms with Crippen molar-refractivity contribution in [2.75, 3.05) is 0 Å². The molecule has 1 fully saturated rings. The number of halogens is 2. The van der Waals surface area contributed by atoms with Crippen LogP contribution >= 0.6 is 11.9 Å². The third kappa shape index (κ3) is 5.90. The third-order valence-corrected chi connectivity index (χ3v) is 5.25. The molecule has 3 rings (SSSR count). The molecular formula is C19H26F2N4OS. The Morgan fingerprint density at radius 2 is 2.07 bits per heavy atom. The normalized spacial score (nSPS) is 17.1. The van der Waals surface area contributed by atoms with Crippen molar-refractivity contribution >= 4 is 28.9 Å². The van der Waals surface area contributed by atoms with Crippen molar-refractivity contribution in [2.24, 2.45) is 5.92 Å². The van der Waals surface area contributed by atoms with Crippen molar-refractivity contribution in [3.05, 3.63) is 29.6 Å². The predicted octanol–water partition coefficient (Wildman–Crippen LogP) is 4.15. The van der Waals surface area contributed by atoms with Crippen molar-refractivity contribution in [3.8, 4) is 0 Å². The van der Waals surface area contributed by atoms with Crippen molar-refractivity contribution in [1.82, 2.24) is 20.0 Å². The van der Waals surface area contributed by atoms with Gasteiger partial charge in [0.05, 0.1) is 17.6 Å². The molecule has 0 atom stereocenters. The first-order chi connectivity index (χ1) is 12.6. The van der Waals surface area contributed by atoms with Crippen LogP contribution in [0, 0.1) is 5.92 Å². The van der Waals surface area contributed by atoms with Gasteiger partial charge in [0.25, 0.3) is 0 Å². The first-order valence-electron chi connectivity index (χ1n) is 9.13. The monoisotopic (exact) mass is 396 g/mol. The number of rotatable bonds is 7. The molecule has 0 radical (unpaired) electrons. The lowest BCUT2D eigenvalue weighted by Gasteiger charge is -2.34. The van der Waals surface area contributed by atoms with Gasteiger partial charge in [-0.15, -0.1) is 0 Å². The zero-order valence-electron chi connectivity index (χ0n) is 15.9. The van der Waals surface area contributed by atoms with Gasteiger partial charge in [-0.2, -0.15) is 0 Å². The summed E-state index contributed by atoms with van der Waals surface area (Å²) in [5.41, 5.74) is 2.74. The number of carbonyl (C=O) groups excluding carboxylic acids is 1. The number of benzene rings is 1. The lowest BCUT2D eigenvalue weighted by molar-refractivity contribution is -0.133. The fourth-order valence-electron chi connectivity index (χ4n) is 3.09. The smallest absolute Gasteiger partial charge is 0.248 e. The molecule has 1 aromatic heterocycles. The molecule has 27 heavy (non-hydrogen) atoms. The van der Waals surface area contributed by atoms with Crippen LogP contribution in [0.25, 0.3) is 11.0 Å². The molecule has 1 amide bonds. The summed E-state index contributed by atoms with van der Waals surface area (Å²) in [6, 6.07) is 5.79. The largest absolute Gasteiger partial charge is 0.352 e. The minimum Gasteiger partial charge on any atom is -0.352 e. The van der Waals surface area contributed by atoms with Crippen molar-refractivity contribution < 1.29 is 13.6 Å². The highest BCUT2D eigenvalue weighted by Crippen LogP contribution is 2.43. The first kappa shape index (κ1) is 20.1. The molecular weight excluding hydrogens is 370 g/mol. The summed E-state index contributed by atoms with van der Waals surface area (Å²) < 4.78 is 29.1. The van der Waals surface area contributed by atoms with Crippen molar-refractivity contribution in [2.45, 2.75) is 63.8 Å². The average Bonchev–Trinajstić information content (AvgIpc) is 2.91. The fraction of sp³-hybridized carbons (Fsp3) is 0.579. The Balaban J connectivity index is 1.50. The molecule has 1 aliphatic carbocycles. The van der Waals surface area contributed by atoms with Crippen LogP contribution < -0.4 is 10.0 Å². The number of aromatic amines is 1. The quantitative estimate of drug-likeness (QED) is 0.615. The molecule has 5 nitrogen and oxygen atoms in total. The van der Waals surface area contributed by atoms with Gasteiger partial charge in [-0.3, -0.25) is 9.52 Å². The predicted molar refractivity (Wildman–Crippen MR) is 104 cm³/mol. The van der Waals surface area contributed by atoms with Gasteiger partial charge in [0.2, 0.25) is 11.8 Å². The highest BCUT2D eigenvalue weighted by molar-refractivity contribution is 7.98. The second kappa shape index (κ2) is 7.75. The van der Waals surface area contributed by atoms with E-state index in [9.17, 15) is 13.6 Å². The van der Waals surface area contributed by atoms with Crippen LogP contribution in [0.15, 0.2) is 18.2 Å². The minimum atomic E-state index is -2.57. The highest BCUT2D eigenvalue weighted by atomic mass is 32.2. The number of nitrogens with zero attached hydrogens (tertiary/aromatic N) is 1. The molecule has 1 aromatic carbocycles. The maximum Gasteiger partial charge on any atom is 0.248 e. The summed E-state index contributed by atoms with van der Waals surface area (Å²) in [5.74, 6) is -2.09. The number of imidazole rings is 1. The standard InChI is InChI=1S/C19H26F2N4OS/c1-18(2,3)27-23-11-16-24-14-5-4-12(6-15(14)25-16)10-22-17(26)7-13-8-19(20,21)9-13/h4-6,13,23H,7-11H2,1-3H3,(H,22,26)(H,24,25). The molecule has 0 saturated heterocycles. The Morgan fingerprint density at radius 3 is 2.74 bits per heavy atom. The van der Waals surface area contributed by atoms with Gasteiger partial charge in [0, 0.05) is 30.6 Å². The molecule has 8 heteroatoms. The number of H-pyrrole nitrogens is 1. The van der Waals surface area contributed by atoms with Crippen LogP contribution in [-0.2, 0) is 17.9 Å². The number of hydrogen-bond donors (Lipinski definition) is 3. The Morgan fingerprint density at radius 1 is 1.33 bits per heavy atom. The number of alkyl halides is 2. The molecule has 1 heterocycles. The third-order valence-electron chi connectivity index (χ3n) is 4.35. The molecule has 0 aliphatic heterocycles. The Bertz CT molecular complexity index is 808. The fourth-order valence-corrected chi connectivity index (χ4v) is 3.73. The Labute approximate surface area is 162 Å². The second-order valence-electron chi connectivity index (χ2n) is 8.18. The zero-order chi connectivity index (χ0) is 19.7. The van der Waals surface area contributed by atoms with E-state index in [0.29, 0.717) is 13.1 Å². The maximum absolute atomic E-state index is 12.8. The number of amides is 1. The van der Waals surface area contributed by atoms with Gasteiger partial charge < -0.3 is 10.3 Å². The molecule has 1 aliphatic rings. The SMILES string of the molecule is CC(C)(C)SNCc1nc2ccc(CNC(=O)CC3CC(F)(F)C3)cc2[nH]1. The maximum atomic E-state index is 12.8. The Hall–Kier alpha value is -1.67. The van der Waals surface area contributed by atoms with Crippen LogP contribution in [-0.4, -0.2) is 26.5 Å². The first-order valence-corrected chi connectivity index (χ1v) is 9.94. The van der Waals surface area contributed by atoms with E-state index < -0.39 is 5.92 Å². The summed E-state index contributed by atoms with van der Waals surface area (Å²) in [4.78, 5) is 19.7. The van der Waals surface area contributed by atoms with E-state index in [1.807, 2.05) is 18.2 Å². The Kier molecular flexibility index (Phi) is 5.76. The number of carbonyl (C=O) groups is 1. The zero-order valence-corrected chi connectivity index (χ0v) is 16.7. The van der Waals surface area contributed by atoms with Gasteiger partial charge in [0.1, 0.15) is 5.82 Å². The van der Waals surface area contributed by atoms with Gasteiger partial charge in [-0.25, -0.2) is 13.8 Å². The molecule has 0 spiro atoms. The number of fused-ring (bicyclic) bond motifs is 1. The van der Waals surface area contributed by atoms with E-state index in [0.717, 1.165) is 22.4 Å². The summed E-state index contributed by atoms with van der Waals surface area (Å²) in [5, 5.41) is 2.81. The molecule has 2 aromatic rings. The van der Waals surface area contributed by atoms with E-state index >= 15 is 0 Å². The van der Waals surface area contributed by atoms with Gasteiger partial charge in [0.15, 0.2) is 0 Å². The van der Waals surface area contributed by atoms with Crippen molar-refractivity contribution in [1.29, 1.82) is 0 Å². The number of hydrogen-bond acceptors (Lipinski definition) is 4. The van der Waals surface area contributed by atoms with Gasteiger partial charge in [-0.05, 0) is 44.4 Å².